The van der Waals surface area contributed by atoms with E-state index < -0.39 is 0 Å². The van der Waals surface area contributed by atoms with Gasteiger partial charge in [-0.3, -0.25) is 4.98 Å². The van der Waals surface area contributed by atoms with Crippen LogP contribution < -0.4 is 5.32 Å². The Hall–Kier alpha value is -0.710. The van der Waals surface area contributed by atoms with Crippen LogP contribution in [0, 0.1) is 5.92 Å². The number of rotatable bonds is 7. The summed E-state index contributed by atoms with van der Waals surface area (Å²) in [4.78, 5) is 4.27. The molecule has 2 aromatic rings. The van der Waals surface area contributed by atoms with E-state index in [1.807, 2.05) is 12.4 Å². The molecule has 0 aliphatic carbocycles. The summed E-state index contributed by atoms with van der Waals surface area (Å²) >= 11 is 7.15. The van der Waals surface area contributed by atoms with Gasteiger partial charge in [0.25, 0.3) is 0 Å². The highest BCUT2D eigenvalue weighted by Crippen LogP contribution is 2.22. The average Bonchev–Trinajstić information content (AvgIpc) is 2.47. The molecule has 0 radical (unpaired) electrons. The molecule has 0 saturated carbocycles. The van der Waals surface area contributed by atoms with Crippen LogP contribution in [0.15, 0.2) is 51.7 Å². The highest BCUT2D eigenvalue weighted by atomic mass is 79.9. The topological polar surface area (TPSA) is 24.9 Å². The second kappa shape index (κ2) is 8.66. The summed E-state index contributed by atoms with van der Waals surface area (Å²) < 4.78 is 2.24. The van der Waals surface area contributed by atoms with Crippen molar-refractivity contribution in [2.45, 2.75) is 19.8 Å². The molecule has 112 valence electrons. The molecule has 2 nitrogen and oxygen atoms in total. The van der Waals surface area contributed by atoms with Gasteiger partial charge in [-0.25, -0.2) is 0 Å². The van der Waals surface area contributed by atoms with Crippen molar-refractivity contribution in [1.82, 2.24) is 10.3 Å². The standard InChI is InChI=1S/C17H20Br2N2/c1-2-20-10-13(7-14-9-16(18)12-21-11-14)8-15-5-3-4-6-17(15)19/h3-6,9,11-13,20H,2,7-8,10H2,1H3. The van der Waals surface area contributed by atoms with Crippen molar-refractivity contribution in [3.63, 3.8) is 0 Å². The predicted octanol–water partition coefficient (Wildman–Crippen LogP) is 4.62. The van der Waals surface area contributed by atoms with E-state index in [4.69, 9.17) is 0 Å². The van der Waals surface area contributed by atoms with Gasteiger partial charge in [0.15, 0.2) is 0 Å². The first kappa shape index (κ1) is 16.7. The molecule has 1 unspecified atom stereocenters. The van der Waals surface area contributed by atoms with E-state index in [1.165, 1.54) is 15.6 Å². The fourth-order valence-corrected chi connectivity index (χ4v) is 3.30. The van der Waals surface area contributed by atoms with Crippen LogP contribution in [0.4, 0.5) is 0 Å². The van der Waals surface area contributed by atoms with Gasteiger partial charge in [-0.2, -0.15) is 0 Å². The minimum absolute atomic E-state index is 0.555. The normalized spacial score (nSPS) is 12.3. The zero-order valence-electron chi connectivity index (χ0n) is 12.2. The fourth-order valence-electron chi connectivity index (χ4n) is 2.44. The second-order valence-electron chi connectivity index (χ2n) is 5.18. The van der Waals surface area contributed by atoms with Crippen molar-refractivity contribution < 1.29 is 0 Å². The molecule has 2 rings (SSSR count). The Morgan fingerprint density at radius 3 is 2.67 bits per heavy atom. The summed E-state index contributed by atoms with van der Waals surface area (Å²) in [7, 11) is 0. The zero-order valence-corrected chi connectivity index (χ0v) is 15.3. The molecule has 0 aliphatic rings. The minimum atomic E-state index is 0.555. The number of nitrogens with one attached hydrogen (secondary N) is 1. The largest absolute Gasteiger partial charge is 0.317 e. The summed E-state index contributed by atoms with van der Waals surface area (Å²) in [5, 5.41) is 3.48. The molecule has 21 heavy (non-hydrogen) atoms. The molecule has 0 amide bonds. The third-order valence-electron chi connectivity index (χ3n) is 3.44. The molecule has 0 spiro atoms. The molecule has 1 N–H and O–H groups in total. The van der Waals surface area contributed by atoms with Crippen LogP contribution in [0.25, 0.3) is 0 Å². The third kappa shape index (κ3) is 5.53. The molecular formula is C17H20Br2N2. The predicted molar refractivity (Wildman–Crippen MR) is 95.5 cm³/mol. The van der Waals surface area contributed by atoms with Crippen molar-refractivity contribution in [3.05, 3.63) is 62.8 Å². The fraction of sp³-hybridized carbons (Fsp3) is 0.353. The Balaban J connectivity index is 2.09. The van der Waals surface area contributed by atoms with Crippen LogP contribution in [-0.2, 0) is 12.8 Å². The monoisotopic (exact) mass is 410 g/mol. The molecule has 1 atom stereocenters. The maximum absolute atomic E-state index is 4.27. The average molecular weight is 412 g/mol. The molecule has 1 aromatic heterocycles. The Labute approximate surface area is 143 Å². The minimum Gasteiger partial charge on any atom is -0.317 e. The number of aromatic nitrogens is 1. The Morgan fingerprint density at radius 2 is 1.95 bits per heavy atom. The van der Waals surface area contributed by atoms with Gasteiger partial charge in [0.1, 0.15) is 0 Å². The van der Waals surface area contributed by atoms with E-state index >= 15 is 0 Å². The van der Waals surface area contributed by atoms with Gasteiger partial charge in [-0.15, -0.1) is 0 Å². The molecular weight excluding hydrogens is 392 g/mol. The van der Waals surface area contributed by atoms with Crippen molar-refractivity contribution in [2.24, 2.45) is 5.92 Å². The van der Waals surface area contributed by atoms with Gasteiger partial charge in [-0.1, -0.05) is 41.1 Å². The number of halogens is 2. The van der Waals surface area contributed by atoms with E-state index in [0.29, 0.717) is 5.92 Å². The number of benzene rings is 1. The SMILES string of the molecule is CCNCC(Cc1cncc(Br)c1)Cc1ccccc1Br. The molecule has 1 aromatic carbocycles. The van der Waals surface area contributed by atoms with Crippen molar-refractivity contribution in [3.8, 4) is 0 Å². The van der Waals surface area contributed by atoms with Crippen molar-refractivity contribution in [2.75, 3.05) is 13.1 Å². The highest BCUT2D eigenvalue weighted by molar-refractivity contribution is 9.10. The van der Waals surface area contributed by atoms with Crippen LogP contribution in [0.1, 0.15) is 18.1 Å². The van der Waals surface area contributed by atoms with Crippen LogP contribution in [-0.4, -0.2) is 18.1 Å². The van der Waals surface area contributed by atoms with E-state index in [1.54, 1.807) is 0 Å². The summed E-state index contributed by atoms with van der Waals surface area (Å²) in [6.45, 7) is 4.17. The van der Waals surface area contributed by atoms with E-state index in [2.05, 4.69) is 79.4 Å². The highest BCUT2D eigenvalue weighted by Gasteiger charge is 2.12. The first-order valence-electron chi connectivity index (χ1n) is 7.22. The summed E-state index contributed by atoms with van der Waals surface area (Å²) in [6.07, 6.45) is 5.88. The number of nitrogens with zero attached hydrogens (tertiary/aromatic N) is 1. The van der Waals surface area contributed by atoms with Gasteiger partial charge in [0.05, 0.1) is 0 Å². The number of hydrogen-bond donors (Lipinski definition) is 1. The summed E-state index contributed by atoms with van der Waals surface area (Å²) in [5.41, 5.74) is 2.64. The zero-order chi connectivity index (χ0) is 15.1. The molecule has 0 aliphatic heterocycles. The molecule has 0 saturated heterocycles. The van der Waals surface area contributed by atoms with E-state index in [0.717, 1.165) is 30.4 Å². The summed E-state index contributed by atoms with van der Waals surface area (Å²) in [6, 6.07) is 10.6. The molecule has 0 fully saturated rings. The lowest BCUT2D eigenvalue weighted by Crippen LogP contribution is -2.25. The van der Waals surface area contributed by atoms with E-state index in [-0.39, 0.29) is 0 Å². The maximum Gasteiger partial charge on any atom is 0.0410 e. The van der Waals surface area contributed by atoms with Crippen LogP contribution in [0.3, 0.4) is 0 Å². The van der Waals surface area contributed by atoms with Gasteiger partial charge < -0.3 is 5.32 Å². The molecule has 4 heteroatoms. The number of hydrogen-bond acceptors (Lipinski definition) is 2. The van der Waals surface area contributed by atoms with Gasteiger partial charge in [-0.05, 0) is 71.0 Å². The second-order valence-corrected chi connectivity index (χ2v) is 6.95. The smallest absolute Gasteiger partial charge is 0.0410 e. The molecule has 0 bridgehead atoms. The van der Waals surface area contributed by atoms with Crippen molar-refractivity contribution >= 4 is 31.9 Å². The Morgan fingerprint density at radius 1 is 1.14 bits per heavy atom. The first-order chi connectivity index (χ1) is 10.2. The van der Waals surface area contributed by atoms with Crippen molar-refractivity contribution in [1.29, 1.82) is 0 Å². The van der Waals surface area contributed by atoms with Gasteiger partial charge >= 0.3 is 0 Å². The van der Waals surface area contributed by atoms with Crippen LogP contribution >= 0.6 is 31.9 Å². The van der Waals surface area contributed by atoms with Crippen LogP contribution in [0.5, 0.6) is 0 Å². The Kier molecular flexibility index (Phi) is 6.87. The Bertz CT molecular complexity index is 572. The first-order valence-corrected chi connectivity index (χ1v) is 8.81. The van der Waals surface area contributed by atoms with Gasteiger partial charge in [0.2, 0.25) is 0 Å². The van der Waals surface area contributed by atoms with E-state index in [9.17, 15) is 0 Å². The van der Waals surface area contributed by atoms with Crippen LogP contribution in [0.2, 0.25) is 0 Å². The maximum atomic E-state index is 4.27. The number of pyridine rings is 1. The quantitative estimate of drug-likeness (QED) is 0.718. The lowest BCUT2D eigenvalue weighted by Gasteiger charge is -2.18. The molecule has 1 heterocycles. The lowest BCUT2D eigenvalue weighted by molar-refractivity contribution is 0.477. The summed E-state index contributed by atoms with van der Waals surface area (Å²) in [5.74, 6) is 0.555. The third-order valence-corrected chi connectivity index (χ3v) is 4.64. The lowest BCUT2D eigenvalue weighted by atomic mass is 9.93. The van der Waals surface area contributed by atoms with Gasteiger partial charge in [0, 0.05) is 21.3 Å².